The molecule has 0 bridgehead atoms. The Morgan fingerprint density at radius 1 is 1.69 bits per heavy atom. The van der Waals surface area contributed by atoms with Gasteiger partial charge in [0, 0.05) is 0 Å². The van der Waals surface area contributed by atoms with Crippen molar-refractivity contribution in [2.75, 3.05) is 0 Å². The van der Waals surface area contributed by atoms with Crippen LogP contribution >= 0.6 is 23.8 Å². The molecule has 3 N–H and O–H groups in total. The van der Waals surface area contributed by atoms with Crippen molar-refractivity contribution in [2.45, 2.75) is 32.7 Å². The number of hydrogen-bond acceptors (Lipinski definition) is 5. The van der Waals surface area contributed by atoms with Crippen molar-refractivity contribution in [2.24, 2.45) is 5.73 Å². The summed E-state index contributed by atoms with van der Waals surface area (Å²) in [6.07, 6.45) is 0.638. The third-order valence-corrected chi connectivity index (χ3v) is 3.78. The van der Waals surface area contributed by atoms with Gasteiger partial charge in [-0.25, -0.2) is 0 Å². The molecule has 7 heteroatoms. The zero-order chi connectivity index (χ0) is 12.3. The van der Waals surface area contributed by atoms with Gasteiger partial charge in [0.2, 0.25) is 0 Å². The lowest BCUT2D eigenvalue weighted by molar-refractivity contribution is 0.0930. The van der Waals surface area contributed by atoms with Crippen molar-refractivity contribution in [3.63, 3.8) is 0 Å². The number of aromatic nitrogens is 2. The van der Waals surface area contributed by atoms with Crippen molar-refractivity contribution in [3.05, 3.63) is 10.6 Å². The van der Waals surface area contributed by atoms with E-state index < -0.39 is 5.54 Å². The second kappa shape index (κ2) is 4.84. The molecule has 1 unspecified atom stereocenters. The van der Waals surface area contributed by atoms with E-state index in [9.17, 15) is 4.79 Å². The second-order valence-electron chi connectivity index (χ2n) is 3.69. The molecule has 0 saturated carbocycles. The minimum Gasteiger partial charge on any atom is -0.391 e. The van der Waals surface area contributed by atoms with E-state index in [2.05, 4.69) is 14.9 Å². The first kappa shape index (κ1) is 13.0. The van der Waals surface area contributed by atoms with Gasteiger partial charge in [-0.15, -0.1) is 5.10 Å². The van der Waals surface area contributed by atoms with Crippen molar-refractivity contribution in [3.8, 4) is 0 Å². The number of nitrogens with one attached hydrogen (secondary N) is 1. The number of carbonyl (C=O) groups is 1. The lowest BCUT2D eigenvalue weighted by Gasteiger charge is -2.27. The summed E-state index contributed by atoms with van der Waals surface area (Å²) in [5.41, 5.74) is 5.56. The van der Waals surface area contributed by atoms with Crippen LogP contribution in [0.2, 0.25) is 0 Å². The Bertz CT molecular complexity index is 417. The smallest absolute Gasteiger partial charge is 0.265 e. The molecule has 0 aromatic carbocycles. The molecule has 1 aromatic rings. The van der Waals surface area contributed by atoms with E-state index in [0.29, 0.717) is 17.0 Å². The maximum atomic E-state index is 11.9. The molecule has 88 valence electrons. The molecule has 1 heterocycles. The van der Waals surface area contributed by atoms with Gasteiger partial charge in [0.15, 0.2) is 0 Å². The highest BCUT2D eigenvalue weighted by Crippen LogP contribution is 2.14. The Hall–Kier alpha value is -1.08. The van der Waals surface area contributed by atoms with Crippen LogP contribution in [0.5, 0.6) is 0 Å². The molecule has 0 radical (unpaired) electrons. The highest BCUT2D eigenvalue weighted by Gasteiger charge is 2.29. The number of nitrogens with zero attached hydrogens (tertiary/aromatic N) is 2. The van der Waals surface area contributed by atoms with Gasteiger partial charge in [0.05, 0.1) is 16.2 Å². The maximum absolute atomic E-state index is 11.9. The van der Waals surface area contributed by atoms with Crippen LogP contribution in [0, 0.1) is 6.92 Å². The lowest BCUT2D eigenvalue weighted by atomic mass is 9.99. The van der Waals surface area contributed by atoms with E-state index in [-0.39, 0.29) is 10.9 Å². The number of hydrogen-bond donors (Lipinski definition) is 2. The molecule has 0 saturated heterocycles. The summed E-state index contributed by atoms with van der Waals surface area (Å²) >= 11 is 6.01. The Labute approximate surface area is 104 Å². The number of carbonyl (C=O) groups excluding carboxylic acids is 1. The summed E-state index contributed by atoms with van der Waals surface area (Å²) in [6.45, 7) is 5.46. The monoisotopic (exact) mass is 258 g/mol. The summed E-state index contributed by atoms with van der Waals surface area (Å²) in [5, 5.41) is 6.59. The maximum Gasteiger partial charge on any atom is 0.265 e. The van der Waals surface area contributed by atoms with E-state index in [1.807, 2.05) is 6.92 Å². The largest absolute Gasteiger partial charge is 0.391 e. The first-order valence-electron chi connectivity index (χ1n) is 4.82. The van der Waals surface area contributed by atoms with Gasteiger partial charge in [-0.3, -0.25) is 4.79 Å². The highest BCUT2D eigenvalue weighted by molar-refractivity contribution is 7.80. The number of rotatable bonds is 4. The van der Waals surface area contributed by atoms with Gasteiger partial charge < -0.3 is 11.1 Å². The number of aryl methyl sites for hydroxylation is 1. The first-order valence-corrected chi connectivity index (χ1v) is 6.00. The summed E-state index contributed by atoms with van der Waals surface area (Å²) < 4.78 is 3.71. The van der Waals surface area contributed by atoms with Crippen molar-refractivity contribution in [1.29, 1.82) is 0 Å². The Morgan fingerprint density at radius 2 is 2.31 bits per heavy atom. The molecule has 0 spiro atoms. The average Bonchev–Trinajstić information content (AvgIpc) is 2.64. The van der Waals surface area contributed by atoms with E-state index >= 15 is 0 Å². The van der Waals surface area contributed by atoms with Crippen molar-refractivity contribution < 1.29 is 4.79 Å². The lowest BCUT2D eigenvalue weighted by Crippen LogP contribution is -2.54. The van der Waals surface area contributed by atoms with Gasteiger partial charge in [-0.2, -0.15) is 0 Å². The number of nitrogens with two attached hydrogens (primary N) is 1. The van der Waals surface area contributed by atoms with Gasteiger partial charge in [-0.1, -0.05) is 23.6 Å². The van der Waals surface area contributed by atoms with Crippen molar-refractivity contribution in [1.82, 2.24) is 14.9 Å². The number of thiocarbonyl (C=S) groups is 1. The predicted octanol–water partition coefficient (Wildman–Crippen LogP) is 1.03. The Kier molecular flexibility index (Phi) is 3.93. The van der Waals surface area contributed by atoms with Gasteiger partial charge >= 0.3 is 0 Å². The molecular weight excluding hydrogens is 244 g/mol. The quantitative estimate of drug-likeness (QED) is 0.788. The molecule has 0 aliphatic heterocycles. The van der Waals surface area contributed by atoms with E-state index in [1.54, 1.807) is 13.8 Å². The fraction of sp³-hybridized carbons (Fsp3) is 0.556. The molecule has 0 fully saturated rings. The SMILES string of the molecule is CCC(C)(NC(=O)c1snnc1C)C(N)=S. The summed E-state index contributed by atoms with van der Waals surface area (Å²) in [5.74, 6) is -0.232. The van der Waals surface area contributed by atoms with Crippen LogP contribution < -0.4 is 11.1 Å². The highest BCUT2D eigenvalue weighted by atomic mass is 32.1. The summed E-state index contributed by atoms with van der Waals surface area (Å²) in [6, 6.07) is 0. The zero-order valence-electron chi connectivity index (χ0n) is 9.40. The van der Waals surface area contributed by atoms with Gasteiger partial charge in [-0.05, 0) is 31.8 Å². The van der Waals surface area contributed by atoms with Crippen LogP contribution in [0.25, 0.3) is 0 Å². The summed E-state index contributed by atoms with van der Waals surface area (Å²) in [7, 11) is 0. The molecule has 1 atom stereocenters. The second-order valence-corrected chi connectivity index (χ2v) is 4.89. The fourth-order valence-electron chi connectivity index (χ4n) is 1.07. The Morgan fingerprint density at radius 3 is 2.69 bits per heavy atom. The van der Waals surface area contributed by atoms with Crippen LogP contribution in [0.15, 0.2) is 0 Å². The van der Waals surface area contributed by atoms with E-state index in [4.69, 9.17) is 18.0 Å². The van der Waals surface area contributed by atoms with E-state index in [0.717, 1.165) is 11.5 Å². The number of amides is 1. The molecule has 0 aliphatic rings. The third-order valence-electron chi connectivity index (χ3n) is 2.50. The van der Waals surface area contributed by atoms with Crippen molar-refractivity contribution >= 4 is 34.6 Å². The van der Waals surface area contributed by atoms with Crippen LogP contribution in [0.4, 0.5) is 0 Å². The molecule has 5 nitrogen and oxygen atoms in total. The molecular formula is C9H14N4OS2. The molecule has 16 heavy (non-hydrogen) atoms. The topological polar surface area (TPSA) is 80.9 Å². The van der Waals surface area contributed by atoms with Crippen LogP contribution in [0.1, 0.15) is 35.6 Å². The molecule has 0 aliphatic carbocycles. The fourth-order valence-corrected chi connectivity index (χ4v) is 1.82. The normalized spacial score (nSPS) is 14.2. The van der Waals surface area contributed by atoms with E-state index in [1.165, 1.54) is 0 Å². The molecule has 1 aromatic heterocycles. The minimum absolute atomic E-state index is 0.232. The predicted molar refractivity (Wildman–Crippen MR) is 67.6 cm³/mol. The van der Waals surface area contributed by atoms with Crippen LogP contribution in [0.3, 0.4) is 0 Å². The third kappa shape index (κ3) is 2.53. The average molecular weight is 258 g/mol. The zero-order valence-corrected chi connectivity index (χ0v) is 11.0. The molecule has 1 rings (SSSR count). The first-order chi connectivity index (χ1) is 7.40. The van der Waals surface area contributed by atoms with Crippen LogP contribution in [-0.2, 0) is 0 Å². The standard InChI is InChI=1S/C9H14N4OS2/c1-4-9(3,8(10)15)11-7(14)6-5(2)12-13-16-6/h4H2,1-3H3,(H2,10,15)(H,11,14). The molecule has 1 amide bonds. The van der Waals surface area contributed by atoms with Crippen LogP contribution in [-0.4, -0.2) is 26.0 Å². The van der Waals surface area contributed by atoms with Gasteiger partial charge in [0.1, 0.15) is 4.88 Å². The summed E-state index contributed by atoms with van der Waals surface area (Å²) in [4.78, 5) is 12.7. The Balaban J connectivity index is 2.86. The minimum atomic E-state index is -0.664. The van der Waals surface area contributed by atoms with Gasteiger partial charge in [0.25, 0.3) is 5.91 Å².